The predicted octanol–water partition coefficient (Wildman–Crippen LogP) is 6.01. The summed E-state index contributed by atoms with van der Waals surface area (Å²) in [5.74, 6) is 2.47. The SMILES string of the molecule is COc1ccc(/C(=C/C(=O)NCCc2ccc(OC)c(OC)c2)c2cc3cc(Br)ccc3o2)cc1. The minimum absolute atomic E-state index is 0.210. The fraction of sp³-hybridized carbons (Fsp3) is 0.179. The number of fused-ring (bicyclic) bond motifs is 1. The Morgan fingerprint density at radius 3 is 2.40 bits per heavy atom. The number of methoxy groups -OCH3 is 3. The monoisotopic (exact) mass is 535 g/mol. The number of halogens is 1. The maximum absolute atomic E-state index is 12.9. The number of amides is 1. The third-order valence-corrected chi connectivity index (χ3v) is 6.07. The highest BCUT2D eigenvalue weighted by atomic mass is 79.9. The molecule has 1 N–H and O–H groups in total. The maximum atomic E-state index is 12.9. The molecule has 0 aliphatic carbocycles. The van der Waals surface area contributed by atoms with E-state index in [4.69, 9.17) is 18.6 Å². The topological polar surface area (TPSA) is 69.9 Å². The normalized spacial score (nSPS) is 11.4. The van der Waals surface area contributed by atoms with Gasteiger partial charge in [0, 0.05) is 28.1 Å². The van der Waals surface area contributed by atoms with Gasteiger partial charge >= 0.3 is 0 Å². The first-order chi connectivity index (χ1) is 17.0. The Morgan fingerprint density at radius 2 is 1.69 bits per heavy atom. The summed E-state index contributed by atoms with van der Waals surface area (Å²) in [7, 11) is 4.83. The van der Waals surface area contributed by atoms with E-state index in [1.807, 2.05) is 66.7 Å². The molecule has 4 aromatic rings. The summed E-state index contributed by atoms with van der Waals surface area (Å²) in [4.78, 5) is 12.9. The average molecular weight is 536 g/mol. The summed E-state index contributed by atoms with van der Waals surface area (Å²) in [6.07, 6.45) is 2.22. The van der Waals surface area contributed by atoms with Crippen LogP contribution in [0.25, 0.3) is 16.5 Å². The third-order valence-electron chi connectivity index (χ3n) is 5.58. The summed E-state index contributed by atoms with van der Waals surface area (Å²) in [5, 5.41) is 3.92. The number of ether oxygens (including phenoxy) is 3. The van der Waals surface area contributed by atoms with Gasteiger partial charge in [0.1, 0.15) is 17.1 Å². The third kappa shape index (κ3) is 5.87. The van der Waals surface area contributed by atoms with Crippen LogP contribution >= 0.6 is 15.9 Å². The number of hydrogen-bond acceptors (Lipinski definition) is 5. The molecule has 0 bridgehead atoms. The molecule has 1 heterocycles. The van der Waals surface area contributed by atoms with Crippen LogP contribution in [-0.2, 0) is 11.2 Å². The van der Waals surface area contributed by atoms with E-state index in [0.717, 1.165) is 32.3 Å². The molecule has 0 fully saturated rings. The summed E-state index contributed by atoms with van der Waals surface area (Å²) in [6.45, 7) is 0.466. The largest absolute Gasteiger partial charge is 0.497 e. The molecule has 0 atom stereocenters. The van der Waals surface area contributed by atoms with Gasteiger partial charge in [-0.1, -0.05) is 34.1 Å². The van der Waals surface area contributed by atoms with Crippen LogP contribution in [0.2, 0.25) is 0 Å². The molecule has 3 aromatic carbocycles. The van der Waals surface area contributed by atoms with Gasteiger partial charge in [0.2, 0.25) is 5.91 Å². The van der Waals surface area contributed by atoms with E-state index in [9.17, 15) is 4.79 Å². The predicted molar refractivity (Wildman–Crippen MR) is 140 cm³/mol. The zero-order valence-electron chi connectivity index (χ0n) is 19.8. The second kappa shape index (κ2) is 11.1. The van der Waals surface area contributed by atoms with Crippen LogP contribution in [0.4, 0.5) is 0 Å². The Labute approximate surface area is 212 Å². The van der Waals surface area contributed by atoms with Crippen LogP contribution in [0.15, 0.2) is 81.7 Å². The molecule has 0 radical (unpaired) electrons. The lowest BCUT2D eigenvalue weighted by atomic mass is 10.0. The molecule has 1 amide bonds. The second-order valence-corrected chi connectivity index (χ2v) is 8.73. The second-order valence-electron chi connectivity index (χ2n) is 7.81. The molecule has 0 saturated heterocycles. The van der Waals surface area contributed by atoms with E-state index < -0.39 is 0 Å². The van der Waals surface area contributed by atoms with Crippen molar-refractivity contribution >= 4 is 38.4 Å². The molecule has 180 valence electrons. The van der Waals surface area contributed by atoms with Crippen molar-refractivity contribution in [2.45, 2.75) is 6.42 Å². The molecular weight excluding hydrogens is 510 g/mol. The van der Waals surface area contributed by atoms with Crippen LogP contribution in [-0.4, -0.2) is 33.8 Å². The van der Waals surface area contributed by atoms with Crippen LogP contribution in [0.3, 0.4) is 0 Å². The van der Waals surface area contributed by atoms with Gasteiger partial charge in [0.25, 0.3) is 0 Å². The van der Waals surface area contributed by atoms with E-state index in [-0.39, 0.29) is 5.91 Å². The van der Waals surface area contributed by atoms with Gasteiger partial charge < -0.3 is 23.9 Å². The van der Waals surface area contributed by atoms with Gasteiger partial charge in [0.05, 0.1) is 21.3 Å². The van der Waals surface area contributed by atoms with Crippen molar-refractivity contribution in [2.75, 3.05) is 27.9 Å². The van der Waals surface area contributed by atoms with Crippen LogP contribution in [0.5, 0.6) is 17.2 Å². The molecule has 0 saturated carbocycles. The van der Waals surface area contributed by atoms with Crippen molar-refractivity contribution in [3.05, 3.63) is 94.2 Å². The standard InChI is InChI=1S/C28H26BrNO5/c1-32-22-8-5-19(6-9-22)23(26-16-20-15-21(29)7-11-24(20)35-26)17-28(31)30-13-12-18-4-10-25(33-2)27(14-18)34-3/h4-11,14-17H,12-13H2,1-3H3,(H,30,31)/b23-17-. The first-order valence-corrected chi connectivity index (χ1v) is 11.8. The number of benzene rings is 3. The zero-order chi connectivity index (χ0) is 24.8. The fourth-order valence-electron chi connectivity index (χ4n) is 3.76. The summed E-state index contributed by atoms with van der Waals surface area (Å²) < 4.78 is 23.0. The van der Waals surface area contributed by atoms with E-state index in [1.54, 1.807) is 27.4 Å². The Morgan fingerprint density at radius 1 is 0.914 bits per heavy atom. The molecule has 4 rings (SSSR count). The highest BCUT2D eigenvalue weighted by molar-refractivity contribution is 9.10. The number of hydrogen-bond donors (Lipinski definition) is 1. The molecule has 7 heteroatoms. The number of rotatable bonds is 9. The fourth-order valence-corrected chi connectivity index (χ4v) is 4.14. The Balaban J connectivity index is 1.55. The van der Waals surface area contributed by atoms with Crippen LogP contribution in [0, 0.1) is 0 Å². The highest BCUT2D eigenvalue weighted by Crippen LogP contribution is 2.32. The Bertz CT molecular complexity index is 1360. The maximum Gasteiger partial charge on any atom is 0.244 e. The smallest absolute Gasteiger partial charge is 0.244 e. The lowest BCUT2D eigenvalue weighted by Gasteiger charge is -2.10. The molecule has 6 nitrogen and oxygen atoms in total. The first-order valence-electron chi connectivity index (χ1n) is 11.0. The van der Waals surface area contributed by atoms with Crippen molar-refractivity contribution in [1.29, 1.82) is 0 Å². The van der Waals surface area contributed by atoms with Crippen molar-refractivity contribution in [3.8, 4) is 17.2 Å². The Hall–Kier alpha value is -3.71. The van der Waals surface area contributed by atoms with E-state index in [0.29, 0.717) is 35.8 Å². The molecule has 0 spiro atoms. The van der Waals surface area contributed by atoms with Gasteiger partial charge in [-0.05, 0) is 66.1 Å². The molecular formula is C28H26BrNO5. The zero-order valence-corrected chi connectivity index (χ0v) is 21.3. The number of furan rings is 1. The van der Waals surface area contributed by atoms with Gasteiger partial charge in [-0.15, -0.1) is 0 Å². The summed E-state index contributed by atoms with van der Waals surface area (Å²) >= 11 is 3.50. The summed E-state index contributed by atoms with van der Waals surface area (Å²) in [6, 6.07) is 21.0. The quantitative estimate of drug-likeness (QED) is 0.265. The van der Waals surface area contributed by atoms with Crippen molar-refractivity contribution in [1.82, 2.24) is 5.32 Å². The van der Waals surface area contributed by atoms with Crippen LogP contribution < -0.4 is 19.5 Å². The lowest BCUT2D eigenvalue weighted by Crippen LogP contribution is -2.24. The number of nitrogens with one attached hydrogen (secondary N) is 1. The molecule has 0 aliphatic rings. The van der Waals surface area contributed by atoms with Gasteiger partial charge in [-0.25, -0.2) is 0 Å². The first kappa shape index (κ1) is 24.4. The van der Waals surface area contributed by atoms with Gasteiger partial charge in [-0.3, -0.25) is 4.79 Å². The number of carbonyl (C=O) groups excluding carboxylic acids is 1. The molecule has 0 unspecified atom stereocenters. The molecule has 1 aromatic heterocycles. The van der Waals surface area contributed by atoms with E-state index in [2.05, 4.69) is 21.2 Å². The van der Waals surface area contributed by atoms with Gasteiger partial charge in [0.15, 0.2) is 11.5 Å². The van der Waals surface area contributed by atoms with Crippen molar-refractivity contribution in [2.24, 2.45) is 0 Å². The van der Waals surface area contributed by atoms with Gasteiger partial charge in [-0.2, -0.15) is 0 Å². The van der Waals surface area contributed by atoms with E-state index in [1.165, 1.54) is 0 Å². The summed E-state index contributed by atoms with van der Waals surface area (Å²) in [5.41, 5.74) is 3.31. The minimum Gasteiger partial charge on any atom is -0.497 e. The average Bonchev–Trinajstić information content (AvgIpc) is 3.30. The number of carbonyl (C=O) groups is 1. The van der Waals surface area contributed by atoms with Crippen molar-refractivity contribution in [3.63, 3.8) is 0 Å². The highest BCUT2D eigenvalue weighted by Gasteiger charge is 2.14. The van der Waals surface area contributed by atoms with Crippen molar-refractivity contribution < 1.29 is 23.4 Å². The molecule has 0 aliphatic heterocycles. The minimum atomic E-state index is -0.210. The van der Waals surface area contributed by atoms with Crippen LogP contribution in [0.1, 0.15) is 16.9 Å². The van der Waals surface area contributed by atoms with E-state index >= 15 is 0 Å². The Kier molecular flexibility index (Phi) is 7.77. The molecule has 35 heavy (non-hydrogen) atoms. The lowest BCUT2D eigenvalue weighted by molar-refractivity contribution is -0.116.